The lowest BCUT2D eigenvalue weighted by atomic mass is 10.2. The van der Waals surface area contributed by atoms with E-state index in [0.717, 1.165) is 5.56 Å². The van der Waals surface area contributed by atoms with Crippen LogP contribution in [0.4, 0.5) is 28.7 Å². The maximum absolute atomic E-state index is 11.7. The van der Waals surface area contributed by atoms with E-state index in [4.69, 9.17) is 16.3 Å². The minimum Gasteiger partial charge on any atom is -0.494 e. The zero-order valence-corrected chi connectivity index (χ0v) is 16.0. The molecule has 144 valence electrons. The number of anilines is 4. The number of nitrogens with one attached hydrogen (secondary N) is 2. The van der Waals surface area contributed by atoms with Crippen LogP contribution in [-0.2, 0) is 0 Å². The predicted molar refractivity (Wildman–Crippen MR) is 109 cm³/mol. The lowest BCUT2D eigenvalue weighted by molar-refractivity contribution is -0.383. The molecule has 3 rings (SSSR count). The van der Waals surface area contributed by atoms with E-state index in [9.17, 15) is 10.1 Å². The molecule has 2 aromatic carbocycles. The lowest BCUT2D eigenvalue weighted by Gasteiger charge is -2.12. The quantitative estimate of drug-likeness (QED) is 0.414. The predicted octanol–water partition coefficient (Wildman–Crippen LogP) is 5.23. The van der Waals surface area contributed by atoms with Gasteiger partial charge in [0, 0.05) is 16.4 Å². The molecular weight excluding hydrogens is 382 g/mol. The van der Waals surface area contributed by atoms with Crippen molar-refractivity contribution in [3.63, 3.8) is 0 Å². The number of halogens is 1. The van der Waals surface area contributed by atoms with Gasteiger partial charge in [0.15, 0.2) is 0 Å². The molecule has 3 aromatic rings. The molecule has 1 aromatic heterocycles. The molecule has 0 bridgehead atoms. The molecule has 0 aliphatic rings. The minimum absolute atomic E-state index is 0.0683. The summed E-state index contributed by atoms with van der Waals surface area (Å²) in [5.41, 5.74) is 1.75. The van der Waals surface area contributed by atoms with Crippen molar-refractivity contribution in [3.8, 4) is 5.75 Å². The normalized spacial score (nSPS) is 10.4. The number of ether oxygens (including phenoxy) is 1. The third-order valence-corrected chi connectivity index (χ3v) is 4.36. The molecule has 0 spiro atoms. The summed E-state index contributed by atoms with van der Waals surface area (Å²) >= 11 is 6.13. The molecule has 9 heteroatoms. The first kappa shape index (κ1) is 19.4. The summed E-state index contributed by atoms with van der Waals surface area (Å²) in [6.07, 6.45) is 1.26. The van der Waals surface area contributed by atoms with Crippen LogP contribution in [0.5, 0.6) is 5.75 Å². The van der Waals surface area contributed by atoms with Crippen LogP contribution in [0.1, 0.15) is 12.5 Å². The van der Waals surface area contributed by atoms with Crippen LogP contribution in [-0.4, -0.2) is 21.5 Å². The van der Waals surface area contributed by atoms with Crippen LogP contribution in [0.2, 0.25) is 5.02 Å². The summed E-state index contributed by atoms with van der Waals surface area (Å²) < 4.78 is 5.40. The Bertz CT molecular complexity index is 995. The first-order chi connectivity index (χ1) is 13.5. The van der Waals surface area contributed by atoms with Crippen molar-refractivity contribution in [2.75, 3.05) is 17.2 Å². The van der Waals surface area contributed by atoms with E-state index in [1.54, 1.807) is 42.5 Å². The summed E-state index contributed by atoms with van der Waals surface area (Å²) in [7, 11) is 0. The first-order valence-corrected chi connectivity index (χ1v) is 8.88. The molecule has 0 atom stereocenters. The van der Waals surface area contributed by atoms with Crippen molar-refractivity contribution in [1.29, 1.82) is 0 Å². The van der Waals surface area contributed by atoms with Gasteiger partial charge >= 0.3 is 5.69 Å². The number of aromatic nitrogens is 2. The molecule has 0 saturated heterocycles. The van der Waals surface area contributed by atoms with Gasteiger partial charge in [-0.3, -0.25) is 10.1 Å². The molecular formula is C19H18ClN5O3. The largest absolute Gasteiger partial charge is 0.494 e. The van der Waals surface area contributed by atoms with Crippen molar-refractivity contribution in [2.45, 2.75) is 13.8 Å². The molecule has 0 saturated carbocycles. The standard InChI is InChI=1S/C19H18ClN5O3/c1-3-28-14-9-7-13(8-10-14)23-18-17(25(26)27)19(22-11-21-18)24-16-6-4-5-15(20)12(16)2/h4-11H,3H2,1-2H3,(H2,21,22,23,24). The fourth-order valence-electron chi connectivity index (χ4n) is 2.54. The van der Waals surface area contributed by atoms with Crippen LogP contribution in [0.15, 0.2) is 48.8 Å². The van der Waals surface area contributed by atoms with Gasteiger partial charge in [-0.1, -0.05) is 17.7 Å². The highest BCUT2D eigenvalue weighted by Gasteiger charge is 2.24. The fraction of sp³-hybridized carbons (Fsp3) is 0.158. The smallest absolute Gasteiger partial charge is 0.353 e. The van der Waals surface area contributed by atoms with Crippen LogP contribution in [0.3, 0.4) is 0 Å². The Balaban J connectivity index is 1.93. The van der Waals surface area contributed by atoms with E-state index in [0.29, 0.717) is 28.8 Å². The zero-order chi connectivity index (χ0) is 20.1. The van der Waals surface area contributed by atoms with Crippen molar-refractivity contribution in [2.24, 2.45) is 0 Å². The highest BCUT2D eigenvalue weighted by Crippen LogP contribution is 2.34. The van der Waals surface area contributed by atoms with Crippen molar-refractivity contribution in [1.82, 2.24) is 9.97 Å². The number of hydrogen-bond donors (Lipinski definition) is 2. The third-order valence-electron chi connectivity index (χ3n) is 3.95. The van der Waals surface area contributed by atoms with E-state index in [1.165, 1.54) is 6.33 Å². The van der Waals surface area contributed by atoms with E-state index in [1.807, 2.05) is 13.8 Å². The van der Waals surface area contributed by atoms with Crippen molar-refractivity contribution >= 4 is 40.3 Å². The second-order valence-electron chi connectivity index (χ2n) is 5.80. The molecule has 1 heterocycles. The average molecular weight is 400 g/mol. The molecule has 0 aliphatic heterocycles. The molecule has 0 unspecified atom stereocenters. The first-order valence-electron chi connectivity index (χ1n) is 8.51. The number of nitro groups is 1. The summed E-state index contributed by atoms with van der Waals surface area (Å²) in [5.74, 6) is 0.856. The van der Waals surface area contributed by atoms with Crippen LogP contribution < -0.4 is 15.4 Å². The maximum Gasteiger partial charge on any atom is 0.353 e. The SMILES string of the molecule is CCOc1ccc(Nc2ncnc(Nc3cccc(Cl)c3C)c2[N+](=O)[O-])cc1. The number of rotatable bonds is 7. The lowest BCUT2D eigenvalue weighted by Crippen LogP contribution is -2.06. The second-order valence-corrected chi connectivity index (χ2v) is 6.20. The van der Waals surface area contributed by atoms with Gasteiger partial charge in [-0.25, -0.2) is 9.97 Å². The number of benzene rings is 2. The van der Waals surface area contributed by atoms with E-state index in [2.05, 4.69) is 20.6 Å². The Morgan fingerprint density at radius 1 is 1.11 bits per heavy atom. The number of nitrogens with zero attached hydrogens (tertiary/aromatic N) is 3. The third kappa shape index (κ3) is 4.29. The van der Waals surface area contributed by atoms with Gasteiger partial charge in [0.05, 0.1) is 11.5 Å². The molecule has 0 amide bonds. The van der Waals surface area contributed by atoms with Gasteiger partial charge in [0.2, 0.25) is 11.6 Å². The van der Waals surface area contributed by atoms with Gasteiger partial charge in [0.25, 0.3) is 0 Å². The van der Waals surface area contributed by atoms with E-state index >= 15 is 0 Å². The van der Waals surface area contributed by atoms with Gasteiger partial charge in [-0.15, -0.1) is 0 Å². The number of hydrogen-bond acceptors (Lipinski definition) is 7. The average Bonchev–Trinajstić information content (AvgIpc) is 2.67. The molecule has 0 aliphatic carbocycles. The molecule has 0 radical (unpaired) electrons. The van der Waals surface area contributed by atoms with Gasteiger partial charge < -0.3 is 15.4 Å². The van der Waals surface area contributed by atoms with Crippen LogP contribution in [0.25, 0.3) is 0 Å². The van der Waals surface area contributed by atoms with E-state index in [-0.39, 0.29) is 17.3 Å². The Morgan fingerprint density at radius 3 is 2.43 bits per heavy atom. The van der Waals surface area contributed by atoms with Crippen LogP contribution in [0, 0.1) is 17.0 Å². The Hall–Kier alpha value is -3.39. The van der Waals surface area contributed by atoms with Crippen molar-refractivity contribution < 1.29 is 9.66 Å². The summed E-state index contributed by atoms with van der Waals surface area (Å²) in [4.78, 5) is 19.3. The molecule has 0 fully saturated rings. The zero-order valence-electron chi connectivity index (χ0n) is 15.3. The van der Waals surface area contributed by atoms with Crippen LogP contribution >= 0.6 is 11.6 Å². The Labute approximate surface area is 166 Å². The molecule has 28 heavy (non-hydrogen) atoms. The van der Waals surface area contributed by atoms with E-state index < -0.39 is 4.92 Å². The van der Waals surface area contributed by atoms with Gasteiger partial charge in [0.1, 0.15) is 12.1 Å². The molecule has 8 nitrogen and oxygen atoms in total. The minimum atomic E-state index is -0.529. The molecule has 2 N–H and O–H groups in total. The highest BCUT2D eigenvalue weighted by molar-refractivity contribution is 6.31. The Morgan fingerprint density at radius 2 is 1.79 bits per heavy atom. The monoisotopic (exact) mass is 399 g/mol. The summed E-state index contributed by atoms with van der Waals surface area (Å²) in [6.45, 7) is 4.27. The summed E-state index contributed by atoms with van der Waals surface area (Å²) in [5, 5.41) is 18.2. The Kier molecular flexibility index (Phi) is 5.90. The second kappa shape index (κ2) is 8.53. The van der Waals surface area contributed by atoms with Gasteiger partial charge in [-0.05, 0) is 55.8 Å². The summed E-state index contributed by atoms with van der Waals surface area (Å²) in [6, 6.07) is 12.3. The topological polar surface area (TPSA) is 102 Å². The highest BCUT2D eigenvalue weighted by atomic mass is 35.5. The fourth-order valence-corrected chi connectivity index (χ4v) is 2.72. The van der Waals surface area contributed by atoms with Crippen molar-refractivity contribution in [3.05, 3.63) is 69.5 Å². The van der Waals surface area contributed by atoms with Gasteiger partial charge in [-0.2, -0.15) is 0 Å². The maximum atomic E-state index is 11.7.